The number of hydrogen-bond donors (Lipinski definition) is 1. The van der Waals surface area contributed by atoms with Gasteiger partial charge in [0, 0.05) is 12.5 Å². The summed E-state index contributed by atoms with van der Waals surface area (Å²) in [6.45, 7) is 1.52. The van der Waals surface area contributed by atoms with E-state index in [0.29, 0.717) is 12.5 Å². The normalized spacial score (nSPS) is 17.2. The molecule has 2 N–H and O–H groups in total. The van der Waals surface area contributed by atoms with E-state index in [1.165, 1.54) is 32.1 Å². The Morgan fingerprint density at radius 2 is 2.06 bits per heavy atom. The third-order valence-electron chi connectivity index (χ3n) is 3.45. The summed E-state index contributed by atoms with van der Waals surface area (Å²) in [6, 6.07) is 3.92. The van der Waals surface area contributed by atoms with Crippen LogP contribution in [0.2, 0.25) is 0 Å². The molecule has 0 unspecified atom stereocenters. The lowest BCUT2D eigenvalue weighted by atomic mass is 9.90. The van der Waals surface area contributed by atoms with Gasteiger partial charge in [0.1, 0.15) is 5.76 Å². The van der Waals surface area contributed by atoms with Gasteiger partial charge in [0.25, 0.3) is 5.95 Å². The van der Waals surface area contributed by atoms with E-state index in [9.17, 15) is 0 Å². The van der Waals surface area contributed by atoms with Gasteiger partial charge in [0.2, 0.25) is 0 Å². The predicted molar refractivity (Wildman–Crippen MR) is 68.2 cm³/mol. The van der Waals surface area contributed by atoms with E-state index < -0.39 is 0 Å². The van der Waals surface area contributed by atoms with Crippen molar-refractivity contribution < 1.29 is 9.15 Å². The second kappa shape index (κ2) is 6.70. The molecule has 1 heterocycles. The van der Waals surface area contributed by atoms with Crippen LogP contribution in [0, 0.1) is 5.92 Å². The summed E-state index contributed by atoms with van der Waals surface area (Å²) in [4.78, 5) is 0. The maximum Gasteiger partial charge on any atom is 0.284 e. The highest BCUT2D eigenvalue weighted by Crippen LogP contribution is 2.25. The Labute approximate surface area is 103 Å². The third kappa shape index (κ3) is 4.08. The largest absolute Gasteiger partial charge is 0.465 e. The smallest absolute Gasteiger partial charge is 0.284 e. The molecule has 0 aliphatic heterocycles. The van der Waals surface area contributed by atoms with E-state index in [1.54, 1.807) is 0 Å². The average Bonchev–Trinajstić information content (AvgIpc) is 2.83. The van der Waals surface area contributed by atoms with Crippen molar-refractivity contribution in [3.63, 3.8) is 0 Å². The van der Waals surface area contributed by atoms with E-state index in [-0.39, 0.29) is 0 Å². The average molecular weight is 237 g/mol. The standard InChI is InChI=1S/C14H23NO2/c15-10-4-7-13-8-9-14(17-13)16-11-12-5-2-1-3-6-12/h8-9,12H,1-7,10-11,15H2. The highest BCUT2D eigenvalue weighted by atomic mass is 16.6. The molecule has 0 bridgehead atoms. The summed E-state index contributed by atoms with van der Waals surface area (Å²) >= 11 is 0. The molecule has 0 amide bonds. The zero-order valence-electron chi connectivity index (χ0n) is 10.5. The van der Waals surface area contributed by atoms with Gasteiger partial charge in [-0.25, -0.2) is 0 Å². The highest BCUT2D eigenvalue weighted by Gasteiger charge is 2.14. The molecular formula is C14H23NO2. The fourth-order valence-electron chi connectivity index (χ4n) is 2.40. The van der Waals surface area contributed by atoms with Gasteiger partial charge in [-0.2, -0.15) is 0 Å². The molecule has 0 saturated heterocycles. The van der Waals surface area contributed by atoms with Gasteiger partial charge in [-0.1, -0.05) is 19.3 Å². The van der Waals surface area contributed by atoms with Gasteiger partial charge in [-0.3, -0.25) is 0 Å². The summed E-state index contributed by atoms with van der Waals surface area (Å²) in [7, 11) is 0. The van der Waals surface area contributed by atoms with Gasteiger partial charge < -0.3 is 14.9 Å². The fraction of sp³-hybridized carbons (Fsp3) is 0.714. The molecule has 96 valence electrons. The van der Waals surface area contributed by atoms with Crippen molar-refractivity contribution >= 4 is 0 Å². The SMILES string of the molecule is NCCCc1ccc(OCC2CCCCC2)o1. The van der Waals surface area contributed by atoms with Crippen LogP contribution in [0.15, 0.2) is 16.5 Å². The monoisotopic (exact) mass is 237 g/mol. The van der Waals surface area contributed by atoms with Crippen LogP contribution in [-0.4, -0.2) is 13.2 Å². The highest BCUT2D eigenvalue weighted by molar-refractivity contribution is 5.11. The number of aryl methyl sites for hydroxylation is 1. The topological polar surface area (TPSA) is 48.4 Å². The maximum atomic E-state index is 5.71. The zero-order valence-corrected chi connectivity index (χ0v) is 10.5. The third-order valence-corrected chi connectivity index (χ3v) is 3.45. The summed E-state index contributed by atoms with van der Waals surface area (Å²) in [6.07, 6.45) is 8.59. The van der Waals surface area contributed by atoms with Crippen LogP contribution in [0.1, 0.15) is 44.3 Å². The van der Waals surface area contributed by atoms with Crippen LogP contribution in [0.5, 0.6) is 5.95 Å². The van der Waals surface area contributed by atoms with Crippen molar-refractivity contribution in [2.75, 3.05) is 13.2 Å². The van der Waals surface area contributed by atoms with E-state index in [4.69, 9.17) is 14.9 Å². The van der Waals surface area contributed by atoms with Gasteiger partial charge in [0.05, 0.1) is 6.61 Å². The number of furan rings is 1. The molecule has 2 rings (SSSR count). The van der Waals surface area contributed by atoms with Crippen LogP contribution < -0.4 is 10.5 Å². The molecule has 1 aliphatic carbocycles. The zero-order chi connectivity index (χ0) is 11.9. The van der Waals surface area contributed by atoms with Crippen LogP contribution >= 0.6 is 0 Å². The minimum atomic E-state index is 0.669. The molecule has 0 aromatic carbocycles. The van der Waals surface area contributed by atoms with Gasteiger partial charge in [-0.05, 0) is 37.8 Å². The Hall–Kier alpha value is -0.960. The van der Waals surface area contributed by atoms with Gasteiger partial charge in [-0.15, -0.1) is 0 Å². The van der Waals surface area contributed by atoms with Gasteiger partial charge >= 0.3 is 0 Å². The molecule has 1 aromatic rings. The second-order valence-corrected chi connectivity index (χ2v) is 4.93. The summed E-state index contributed by atoms with van der Waals surface area (Å²) in [5, 5.41) is 0. The Morgan fingerprint density at radius 1 is 1.24 bits per heavy atom. The lowest BCUT2D eigenvalue weighted by Crippen LogP contribution is -2.14. The number of ether oxygens (including phenoxy) is 1. The minimum absolute atomic E-state index is 0.669. The van der Waals surface area contributed by atoms with Crippen molar-refractivity contribution in [3.05, 3.63) is 17.9 Å². The second-order valence-electron chi connectivity index (χ2n) is 4.93. The van der Waals surface area contributed by atoms with Crippen molar-refractivity contribution in [2.45, 2.75) is 44.9 Å². The van der Waals surface area contributed by atoms with E-state index in [0.717, 1.165) is 31.1 Å². The van der Waals surface area contributed by atoms with Crippen molar-refractivity contribution in [1.29, 1.82) is 0 Å². The maximum absolute atomic E-state index is 5.71. The van der Waals surface area contributed by atoms with Crippen LogP contribution in [0.3, 0.4) is 0 Å². The quantitative estimate of drug-likeness (QED) is 0.827. The number of nitrogens with two attached hydrogens (primary N) is 1. The molecule has 17 heavy (non-hydrogen) atoms. The molecule has 1 saturated carbocycles. The summed E-state index contributed by atoms with van der Waals surface area (Å²) in [5.41, 5.74) is 5.47. The molecular weight excluding hydrogens is 214 g/mol. The van der Waals surface area contributed by atoms with Crippen molar-refractivity contribution in [2.24, 2.45) is 11.7 Å². The van der Waals surface area contributed by atoms with E-state index in [1.807, 2.05) is 12.1 Å². The van der Waals surface area contributed by atoms with Crippen LogP contribution in [-0.2, 0) is 6.42 Å². The Bertz CT molecular complexity index is 316. The lowest BCUT2D eigenvalue weighted by Gasteiger charge is -2.20. The molecule has 1 fully saturated rings. The molecule has 0 spiro atoms. The van der Waals surface area contributed by atoms with Gasteiger partial charge in [0.15, 0.2) is 0 Å². The Morgan fingerprint density at radius 3 is 2.82 bits per heavy atom. The summed E-state index contributed by atoms with van der Waals surface area (Å²) in [5.74, 6) is 2.37. The first kappa shape index (κ1) is 12.5. The molecule has 3 nitrogen and oxygen atoms in total. The molecule has 0 radical (unpaired) electrons. The first-order chi connectivity index (χ1) is 8.38. The van der Waals surface area contributed by atoms with Crippen LogP contribution in [0.4, 0.5) is 0 Å². The Kier molecular flexibility index (Phi) is 4.92. The predicted octanol–water partition coefficient (Wildman–Crippen LogP) is 3.13. The number of hydrogen-bond acceptors (Lipinski definition) is 3. The molecule has 1 aromatic heterocycles. The minimum Gasteiger partial charge on any atom is -0.465 e. The summed E-state index contributed by atoms with van der Waals surface area (Å²) < 4.78 is 11.3. The van der Waals surface area contributed by atoms with Crippen LogP contribution in [0.25, 0.3) is 0 Å². The lowest BCUT2D eigenvalue weighted by molar-refractivity contribution is 0.170. The van der Waals surface area contributed by atoms with E-state index in [2.05, 4.69) is 0 Å². The molecule has 0 atom stereocenters. The molecule has 3 heteroatoms. The first-order valence-corrected chi connectivity index (χ1v) is 6.80. The number of rotatable bonds is 6. The fourth-order valence-corrected chi connectivity index (χ4v) is 2.40. The Balaban J connectivity index is 1.72. The van der Waals surface area contributed by atoms with Crippen molar-refractivity contribution in [3.8, 4) is 5.95 Å². The first-order valence-electron chi connectivity index (χ1n) is 6.80. The van der Waals surface area contributed by atoms with Crippen molar-refractivity contribution in [1.82, 2.24) is 0 Å². The van der Waals surface area contributed by atoms with E-state index >= 15 is 0 Å². The molecule has 1 aliphatic rings.